The summed E-state index contributed by atoms with van der Waals surface area (Å²) in [5.41, 5.74) is 2.38. The summed E-state index contributed by atoms with van der Waals surface area (Å²) in [5.74, 6) is -0.597. The highest BCUT2D eigenvalue weighted by Gasteiger charge is 2.11. The maximum absolute atomic E-state index is 11.5. The predicted molar refractivity (Wildman–Crippen MR) is 56.9 cm³/mol. The third-order valence-corrected chi connectivity index (χ3v) is 2.02. The van der Waals surface area contributed by atoms with E-state index in [2.05, 4.69) is 0 Å². The minimum Gasteiger partial charge on any atom is -0.454 e. The number of rotatable bonds is 3. The van der Waals surface area contributed by atoms with Gasteiger partial charge in [-0.2, -0.15) is 0 Å². The van der Waals surface area contributed by atoms with Crippen LogP contribution in [0.4, 0.5) is 0 Å². The minimum atomic E-state index is -0.439. The number of ketones is 1. The number of hydrogen-bond donors (Lipinski definition) is 0. The van der Waals surface area contributed by atoms with Crippen LogP contribution in [-0.2, 0) is 9.53 Å². The molecule has 0 fully saturated rings. The van der Waals surface area contributed by atoms with Gasteiger partial charge in [0, 0.05) is 0 Å². The zero-order valence-corrected chi connectivity index (χ0v) is 9.16. The quantitative estimate of drug-likeness (QED) is 0.711. The van der Waals surface area contributed by atoms with Gasteiger partial charge in [-0.25, -0.2) is 4.79 Å². The molecule has 0 heterocycles. The van der Waals surface area contributed by atoms with Gasteiger partial charge in [0.15, 0.2) is 5.78 Å². The third-order valence-electron chi connectivity index (χ3n) is 2.02. The number of ether oxygens (including phenoxy) is 1. The van der Waals surface area contributed by atoms with Crippen molar-refractivity contribution in [1.29, 1.82) is 0 Å². The fraction of sp³-hybridized carbons (Fsp3) is 0.333. The third kappa shape index (κ3) is 3.20. The van der Waals surface area contributed by atoms with Gasteiger partial charge in [-0.05, 0) is 32.4 Å². The van der Waals surface area contributed by atoms with Gasteiger partial charge < -0.3 is 4.74 Å². The Kier molecular flexibility index (Phi) is 3.61. The average molecular weight is 206 g/mol. The first-order chi connectivity index (χ1) is 7.00. The predicted octanol–water partition coefficient (Wildman–Crippen LogP) is 2.05. The van der Waals surface area contributed by atoms with Crippen LogP contribution >= 0.6 is 0 Å². The zero-order valence-electron chi connectivity index (χ0n) is 9.16. The first-order valence-electron chi connectivity index (χ1n) is 4.74. The lowest BCUT2D eigenvalue weighted by atomic mass is 10.1. The van der Waals surface area contributed by atoms with Gasteiger partial charge in [0.2, 0.25) is 0 Å². The number of carbonyl (C=O) groups is 2. The number of benzene rings is 1. The van der Waals surface area contributed by atoms with Crippen molar-refractivity contribution in [2.24, 2.45) is 0 Å². The normalized spacial score (nSPS) is 9.80. The van der Waals surface area contributed by atoms with Crippen molar-refractivity contribution in [1.82, 2.24) is 0 Å². The van der Waals surface area contributed by atoms with Crippen LogP contribution in [-0.4, -0.2) is 18.4 Å². The van der Waals surface area contributed by atoms with E-state index in [1.165, 1.54) is 6.92 Å². The van der Waals surface area contributed by atoms with Crippen LogP contribution in [0.15, 0.2) is 18.2 Å². The van der Waals surface area contributed by atoms with Gasteiger partial charge in [-0.1, -0.05) is 17.7 Å². The van der Waals surface area contributed by atoms with Crippen LogP contribution in [0.2, 0.25) is 0 Å². The second kappa shape index (κ2) is 4.73. The molecule has 0 aromatic heterocycles. The topological polar surface area (TPSA) is 43.4 Å². The molecule has 0 aliphatic carbocycles. The maximum atomic E-state index is 11.5. The van der Waals surface area contributed by atoms with E-state index in [-0.39, 0.29) is 12.4 Å². The van der Waals surface area contributed by atoms with Gasteiger partial charge in [-0.3, -0.25) is 4.79 Å². The van der Waals surface area contributed by atoms with Crippen molar-refractivity contribution in [3.63, 3.8) is 0 Å². The molecule has 0 radical (unpaired) electrons. The van der Waals surface area contributed by atoms with Crippen molar-refractivity contribution < 1.29 is 14.3 Å². The lowest BCUT2D eigenvalue weighted by Crippen LogP contribution is -2.12. The lowest BCUT2D eigenvalue weighted by Gasteiger charge is -2.06. The van der Waals surface area contributed by atoms with Crippen LogP contribution in [0, 0.1) is 13.8 Å². The van der Waals surface area contributed by atoms with Crippen molar-refractivity contribution in [3.8, 4) is 0 Å². The molecule has 1 rings (SSSR count). The standard InChI is InChI=1S/C12H14O3/c1-8-4-5-9(2)11(6-8)12(14)15-7-10(3)13/h4-6H,7H2,1-3H3. The minimum absolute atomic E-state index is 0.159. The summed E-state index contributed by atoms with van der Waals surface area (Å²) in [6.07, 6.45) is 0. The monoisotopic (exact) mass is 206 g/mol. The van der Waals surface area contributed by atoms with E-state index in [9.17, 15) is 9.59 Å². The molecule has 0 bridgehead atoms. The summed E-state index contributed by atoms with van der Waals surface area (Å²) >= 11 is 0. The molecule has 3 heteroatoms. The Hall–Kier alpha value is -1.64. The molecule has 0 aliphatic heterocycles. The Labute approximate surface area is 89.1 Å². The number of aryl methyl sites for hydroxylation is 2. The maximum Gasteiger partial charge on any atom is 0.338 e. The average Bonchev–Trinajstić information content (AvgIpc) is 2.18. The lowest BCUT2D eigenvalue weighted by molar-refractivity contribution is -0.120. The Morgan fingerprint density at radius 3 is 2.53 bits per heavy atom. The van der Waals surface area contributed by atoms with Crippen LogP contribution in [0.25, 0.3) is 0 Å². The number of hydrogen-bond acceptors (Lipinski definition) is 3. The summed E-state index contributed by atoms with van der Waals surface area (Å²) in [6.45, 7) is 4.97. The second-order valence-electron chi connectivity index (χ2n) is 3.60. The molecule has 80 valence electrons. The van der Waals surface area contributed by atoms with Crippen LogP contribution in [0.5, 0.6) is 0 Å². The van der Waals surface area contributed by atoms with Gasteiger partial charge in [-0.15, -0.1) is 0 Å². The molecule has 1 aromatic rings. The molecule has 15 heavy (non-hydrogen) atoms. The van der Waals surface area contributed by atoms with Gasteiger partial charge >= 0.3 is 5.97 Å². The second-order valence-corrected chi connectivity index (χ2v) is 3.60. The summed E-state index contributed by atoms with van der Waals surface area (Å²) < 4.78 is 4.84. The van der Waals surface area contributed by atoms with Gasteiger partial charge in [0.05, 0.1) is 5.56 Å². The van der Waals surface area contributed by atoms with Crippen molar-refractivity contribution in [2.75, 3.05) is 6.61 Å². The zero-order chi connectivity index (χ0) is 11.4. The van der Waals surface area contributed by atoms with E-state index in [0.29, 0.717) is 5.56 Å². The molecule has 0 amide bonds. The van der Waals surface area contributed by atoms with E-state index in [0.717, 1.165) is 11.1 Å². The van der Waals surface area contributed by atoms with E-state index >= 15 is 0 Å². The fourth-order valence-electron chi connectivity index (χ4n) is 1.20. The van der Waals surface area contributed by atoms with Crippen LogP contribution in [0.1, 0.15) is 28.4 Å². The Morgan fingerprint density at radius 1 is 1.27 bits per heavy atom. The largest absolute Gasteiger partial charge is 0.454 e. The molecule has 0 spiro atoms. The number of carbonyl (C=O) groups excluding carboxylic acids is 2. The molecule has 0 unspecified atom stereocenters. The highest BCUT2D eigenvalue weighted by atomic mass is 16.5. The van der Waals surface area contributed by atoms with Gasteiger partial charge in [0.25, 0.3) is 0 Å². The first-order valence-corrected chi connectivity index (χ1v) is 4.74. The van der Waals surface area contributed by atoms with Crippen molar-refractivity contribution in [3.05, 3.63) is 34.9 Å². The van der Waals surface area contributed by atoms with Crippen LogP contribution < -0.4 is 0 Å². The Bertz CT molecular complexity index is 394. The van der Waals surface area contributed by atoms with Crippen LogP contribution in [0.3, 0.4) is 0 Å². The first kappa shape index (κ1) is 11.4. The van der Waals surface area contributed by atoms with E-state index < -0.39 is 5.97 Å². The van der Waals surface area contributed by atoms with Gasteiger partial charge in [0.1, 0.15) is 6.61 Å². The van der Waals surface area contributed by atoms with Crippen molar-refractivity contribution in [2.45, 2.75) is 20.8 Å². The van der Waals surface area contributed by atoms with E-state index in [4.69, 9.17) is 4.74 Å². The molecule has 0 atom stereocenters. The summed E-state index contributed by atoms with van der Waals surface area (Å²) in [7, 11) is 0. The SMILES string of the molecule is CC(=O)COC(=O)c1cc(C)ccc1C. The molecule has 3 nitrogen and oxygen atoms in total. The Balaban J connectivity index is 2.81. The summed E-state index contributed by atoms with van der Waals surface area (Å²) in [6, 6.07) is 5.55. The molecule has 0 saturated heterocycles. The highest BCUT2D eigenvalue weighted by molar-refractivity contribution is 5.92. The molecular weight excluding hydrogens is 192 g/mol. The Morgan fingerprint density at radius 2 is 1.93 bits per heavy atom. The molecular formula is C12H14O3. The summed E-state index contributed by atoms with van der Waals surface area (Å²) in [4.78, 5) is 22.2. The smallest absolute Gasteiger partial charge is 0.338 e. The summed E-state index contributed by atoms with van der Waals surface area (Å²) in [5, 5.41) is 0. The molecule has 0 saturated carbocycles. The van der Waals surface area contributed by atoms with E-state index in [1.54, 1.807) is 6.07 Å². The number of esters is 1. The molecule has 0 N–H and O–H groups in total. The molecule has 0 aliphatic rings. The number of Topliss-reactive ketones (excluding diaryl/α,β-unsaturated/α-hetero) is 1. The van der Waals surface area contributed by atoms with E-state index in [1.807, 2.05) is 26.0 Å². The fourth-order valence-corrected chi connectivity index (χ4v) is 1.20. The molecule has 1 aromatic carbocycles. The van der Waals surface area contributed by atoms with Crippen molar-refractivity contribution >= 4 is 11.8 Å². The highest BCUT2D eigenvalue weighted by Crippen LogP contribution is 2.11.